The third-order valence-electron chi connectivity index (χ3n) is 2.13. The van der Waals surface area contributed by atoms with Gasteiger partial charge in [-0.05, 0) is 0 Å². The Bertz CT molecular complexity index is 471. The molecule has 1 heterocycles. The molecule has 0 aliphatic rings. The standard InChI is InChI=1S/C10H12N4O4/c1-18-6-8(5-15)13-10-7(3-11)2-9(4-12-10)14(16)17/h2,4,8,15H,5-6H2,1H3,(H,12,13). The maximum atomic E-state index is 10.5. The molecule has 0 aliphatic carbocycles. The quantitative estimate of drug-likeness (QED) is 0.550. The van der Waals surface area contributed by atoms with Crippen molar-refractivity contribution in [2.24, 2.45) is 0 Å². The van der Waals surface area contributed by atoms with Gasteiger partial charge in [0, 0.05) is 13.2 Å². The molecule has 1 aromatic rings. The number of nitriles is 1. The Hall–Kier alpha value is -2.24. The Kier molecular flexibility index (Phi) is 4.98. The third kappa shape index (κ3) is 3.38. The predicted molar refractivity (Wildman–Crippen MR) is 62.0 cm³/mol. The van der Waals surface area contributed by atoms with Gasteiger partial charge in [0.25, 0.3) is 5.69 Å². The van der Waals surface area contributed by atoms with Crippen molar-refractivity contribution in [3.05, 3.63) is 27.9 Å². The number of anilines is 1. The highest BCUT2D eigenvalue weighted by molar-refractivity contribution is 5.56. The zero-order valence-electron chi connectivity index (χ0n) is 9.66. The summed E-state index contributed by atoms with van der Waals surface area (Å²) in [5.74, 6) is 0.180. The summed E-state index contributed by atoms with van der Waals surface area (Å²) >= 11 is 0. The summed E-state index contributed by atoms with van der Waals surface area (Å²) in [6.07, 6.45) is 1.05. The van der Waals surface area contributed by atoms with E-state index in [1.54, 1.807) is 0 Å². The highest BCUT2D eigenvalue weighted by Gasteiger charge is 2.15. The van der Waals surface area contributed by atoms with E-state index in [9.17, 15) is 10.1 Å². The lowest BCUT2D eigenvalue weighted by Crippen LogP contribution is -2.29. The first-order valence-corrected chi connectivity index (χ1v) is 5.03. The Morgan fingerprint density at radius 2 is 2.50 bits per heavy atom. The van der Waals surface area contributed by atoms with Crippen molar-refractivity contribution in [1.29, 1.82) is 5.26 Å². The number of aliphatic hydroxyl groups excluding tert-OH is 1. The molecule has 18 heavy (non-hydrogen) atoms. The van der Waals surface area contributed by atoms with Crippen molar-refractivity contribution >= 4 is 11.5 Å². The van der Waals surface area contributed by atoms with E-state index in [1.165, 1.54) is 7.11 Å². The van der Waals surface area contributed by atoms with Crippen LogP contribution in [0.3, 0.4) is 0 Å². The van der Waals surface area contributed by atoms with Gasteiger partial charge in [-0.1, -0.05) is 0 Å². The van der Waals surface area contributed by atoms with Crippen LogP contribution < -0.4 is 5.32 Å². The minimum Gasteiger partial charge on any atom is -0.394 e. The number of aromatic nitrogens is 1. The monoisotopic (exact) mass is 252 g/mol. The largest absolute Gasteiger partial charge is 0.394 e. The average Bonchev–Trinajstić information content (AvgIpc) is 2.38. The lowest BCUT2D eigenvalue weighted by Gasteiger charge is -2.16. The molecule has 0 saturated heterocycles. The Morgan fingerprint density at radius 1 is 1.78 bits per heavy atom. The average molecular weight is 252 g/mol. The zero-order valence-corrected chi connectivity index (χ0v) is 9.66. The molecule has 0 aliphatic heterocycles. The highest BCUT2D eigenvalue weighted by atomic mass is 16.6. The van der Waals surface area contributed by atoms with Gasteiger partial charge >= 0.3 is 0 Å². The lowest BCUT2D eigenvalue weighted by atomic mass is 10.2. The Balaban J connectivity index is 2.96. The van der Waals surface area contributed by atoms with Gasteiger partial charge in [-0.25, -0.2) is 4.98 Å². The first kappa shape index (κ1) is 13.8. The van der Waals surface area contributed by atoms with E-state index in [4.69, 9.17) is 15.1 Å². The second-order valence-electron chi connectivity index (χ2n) is 3.44. The van der Waals surface area contributed by atoms with Gasteiger partial charge in [-0.3, -0.25) is 10.1 Å². The number of hydrogen-bond donors (Lipinski definition) is 2. The molecule has 0 radical (unpaired) electrons. The van der Waals surface area contributed by atoms with E-state index >= 15 is 0 Å². The fourth-order valence-electron chi connectivity index (χ4n) is 1.29. The number of methoxy groups -OCH3 is 1. The second-order valence-corrected chi connectivity index (χ2v) is 3.44. The number of hydrogen-bond acceptors (Lipinski definition) is 7. The van der Waals surface area contributed by atoms with Crippen LogP contribution in [0.5, 0.6) is 0 Å². The number of nitro groups is 1. The molecule has 0 amide bonds. The summed E-state index contributed by atoms with van der Waals surface area (Å²) in [6, 6.07) is 2.50. The topological polar surface area (TPSA) is 121 Å². The van der Waals surface area contributed by atoms with Crippen molar-refractivity contribution in [3.8, 4) is 6.07 Å². The maximum absolute atomic E-state index is 10.5. The van der Waals surface area contributed by atoms with E-state index in [0.717, 1.165) is 12.3 Å². The molecule has 96 valence electrons. The summed E-state index contributed by atoms with van der Waals surface area (Å²) in [5.41, 5.74) is -0.219. The molecule has 0 bridgehead atoms. The van der Waals surface area contributed by atoms with Crippen LogP contribution in [0.25, 0.3) is 0 Å². The van der Waals surface area contributed by atoms with Crippen LogP contribution >= 0.6 is 0 Å². The van der Waals surface area contributed by atoms with Crippen molar-refractivity contribution in [2.45, 2.75) is 6.04 Å². The van der Waals surface area contributed by atoms with Gasteiger partial charge < -0.3 is 15.2 Å². The van der Waals surface area contributed by atoms with Gasteiger partial charge in [0.15, 0.2) is 0 Å². The van der Waals surface area contributed by atoms with Crippen LogP contribution in [0.15, 0.2) is 12.3 Å². The van der Waals surface area contributed by atoms with Crippen LogP contribution in [0.1, 0.15) is 5.56 Å². The van der Waals surface area contributed by atoms with Crippen LogP contribution in [0.2, 0.25) is 0 Å². The van der Waals surface area contributed by atoms with Crippen molar-refractivity contribution in [1.82, 2.24) is 4.98 Å². The minimum atomic E-state index is -0.629. The fraction of sp³-hybridized carbons (Fsp3) is 0.400. The third-order valence-corrected chi connectivity index (χ3v) is 2.13. The molecule has 1 rings (SSSR count). The van der Waals surface area contributed by atoms with Gasteiger partial charge in [0.05, 0.1) is 24.2 Å². The second kappa shape index (κ2) is 6.48. The maximum Gasteiger partial charge on any atom is 0.289 e. The Morgan fingerprint density at radius 3 is 3.00 bits per heavy atom. The zero-order chi connectivity index (χ0) is 13.5. The molecule has 1 unspecified atom stereocenters. The molecule has 1 atom stereocenters. The van der Waals surface area contributed by atoms with Gasteiger partial charge in [-0.2, -0.15) is 5.26 Å². The molecular weight excluding hydrogens is 240 g/mol. The summed E-state index contributed by atoms with van der Waals surface area (Å²) in [6.45, 7) is 0.0113. The van der Waals surface area contributed by atoms with Gasteiger partial charge in [-0.15, -0.1) is 0 Å². The molecule has 0 fully saturated rings. The first-order valence-electron chi connectivity index (χ1n) is 5.03. The van der Waals surface area contributed by atoms with E-state index < -0.39 is 11.0 Å². The first-order chi connectivity index (χ1) is 8.62. The van der Waals surface area contributed by atoms with E-state index in [2.05, 4.69) is 10.3 Å². The highest BCUT2D eigenvalue weighted by Crippen LogP contribution is 2.18. The number of rotatable bonds is 6. The summed E-state index contributed by atoms with van der Waals surface area (Å²) in [7, 11) is 1.47. The summed E-state index contributed by atoms with van der Waals surface area (Å²) in [5, 5.41) is 31.3. The Labute approximate surface area is 103 Å². The molecule has 0 spiro atoms. The molecule has 0 aromatic carbocycles. The molecule has 8 nitrogen and oxygen atoms in total. The summed E-state index contributed by atoms with van der Waals surface area (Å²) < 4.78 is 4.86. The number of aliphatic hydroxyl groups is 1. The van der Waals surface area contributed by atoms with E-state index in [0.29, 0.717) is 0 Å². The van der Waals surface area contributed by atoms with Crippen LogP contribution in [-0.4, -0.2) is 41.4 Å². The number of nitrogens with one attached hydrogen (secondary N) is 1. The minimum absolute atomic E-state index is 0.0405. The number of pyridine rings is 1. The lowest BCUT2D eigenvalue weighted by molar-refractivity contribution is -0.385. The van der Waals surface area contributed by atoms with Gasteiger partial charge in [0.1, 0.15) is 23.6 Å². The van der Waals surface area contributed by atoms with Gasteiger partial charge in [0.2, 0.25) is 0 Å². The van der Waals surface area contributed by atoms with Crippen LogP contribution in [0, 0.1) is 21.4 Å². The molecule has 2 N–H and O–H groups in total. The van der Waals surface area contributed by atoms with E-state index in [1.807, 2.05) is 6.07 Å². The van der Waals surface area contributed by atoms with Crippen LogP contribution in [0.4, 0.5) is 11.5 Å². The van der Waals surface area contributed by atoms with Crippen LogP contribution in [-0.2, 0) is 4.74 Å². The SMILES string of the molecule is COCC(CO)Nc1ncc([N+](=O)[O-])cc1C#N. The molecule has 8 heteroatoms. The molecule has 1 aromatic heterocycles. The normalized spacial score (nSPS) is 11.6. The predicted octanol–water partition coefficient (Wildman–Crippen LogP) is 0.281. The van der Waals surface area contributed by atoms with Crippen molar-refractivity contribution < 1.29 is 14.8 Å². The van der Waals surface area contributed by atoms with E-state index in [-0.39, 0.29) is 30.3 Å². The summed E-state index contributed by atoms with van der Waals surface area (Å²) in [4.78, 5) is 13.7. The fourth-order valence-corrected chi connectivity index (χ4v) is 1.29. The van der Waals surface area contributed by atoms with Crippen molar-refractivity contribution in [3.63, 3.8) is 0 Å². The number of ether oxygens (including phenoxy) is 1. The molecular formula is C10H12N4O4. The smallest absolute Gasteiger partial charge is 0.289 e. The van der Waals surface area contributed by atoms with Crippen molar-refractivity contribution in [2.75, 3.05) is 25.6 Å². The number of nitrogens with zero attached hydrogens (tertiary/aromatic N) is 3. The molecule has 0 saturated carbocycles.